The summed E-state index contributed by atoms with van der Waals surface area (Å²) in [5.41, 5.74) is 2.89. The SMILES string of the molecule is Cc1c(F)cc2nc3c(c4c2c1CCC4(CO)CO)Cn1c-3cc2c(c1=O)COC(=O)[C@H]2O. The molecule has 1 aliphatic carbocycles. The average Bonchev–Trinajstić information content (AvgIpc) is 3.18. The van der Waals surface area contributed by atoms with Gasteiger partial charge >= 0.3 is 5.97 Å². The fourth-order valence-corrected chi connectivity index (χ4v) is 5.69. The lowest BCUT2D eigenvalue weighted by Crippen LogP contribution is -2.39. The highest BCUT2D eigenvalue weighted by Gasteiger charge is 2.43. The zero-order valence-electron chi connectivity index (χ0n) is 17.8. The molecule has 0 saturated heterocycles. The molecule has 2 aromatic heterocycles. The number of carbonyl (C=O) groups excluding carboxylic acids is 1. The maximum Gasteiger partial charge on any atom is 0.340 e. The number of cyclic esters (lactones) is 1. The summed E-state index contributed by atoms with van der Waals surface area (Å²) in [6, 6.07) is 2.90. The van der Waals surface area contributed by atoms with E-state index >= 15 is 0 Å². The van der Waals surface area contributed by atoms with Crippen LogP contribution in [-0.2, 0) is 34.5 Å². The van der Waals surface area contributed by atoms with E-state index in [1.807, 2.05) is 0 Å². The Kier molecular flexibility index (Phi) is 4.15. The van der Waals surface area contributed by atoms with Crippen molar-refractivity contribution < 1.29 is 29.2 Å². The number of halogens is 1. The van der Waals surface area contributed by atoms with Crippen LogP contribution in [0.4, 0.5) is 4.39 Å². The molecule has 0 fully saturated rings. The molecule has 3 N–H and O–H groups in total. The topological polar surface area (TPSA) is 122 Å². The molecule has 4 heterocycles. The summed E-state index contributed by atoms with van der Waals surface area (Å²) < 4.78 is 21.2. The summed E-state index contributed by atoms with van der Waals surface area (Å²) in [5, 5.41) is 31.8. The molecule has 3 aromatic rings. The van der Waals surface area contributed by atoms with Crippen LogP contribution >= 0.6 is 0 Å². The minimum Gasteiger partial charge on any atom is -0.458 e. The van der Waals surface area contributed by atoms with Crippen molar-refractivity contribution in [3.63, 3.8) is 0 Å². The van der Waals surface area contributed by atoms with Crippen molar-refractivity contribution in [1.82, 2.24) is 9.55 Å². The summed E-state index contributed by atoms with van der Waals surface area (Å²) in [5.74, 6) is -1.22. The summed E-state index contributed by atoms with van der Waals surface area (Å²) in [4.78, 5) is 29.9. The van der Waals surface area contributed by atoms with Crippen LogP contribution in [0.3, 0.4) is 0 Å². The van der Waals surface area contributed by atoms with Gasteiger partial charge in [-0.15, -0.1) is 0 Å². The molecule has 0 unspecified atom stereocenters. The number of carbonyl (C=O) groups is 1. The number of ether oxygens (including phenoxy) is 1. The highest BCUT2D eigenvalue weighted by molar-refractivity contribution is 5.93. The van der Waals surface area contributed by atoms with Gasteiger partial charge in [-0.1, -0.05) is 0 Å². The molecule has 1 atom stereocenters. The summed E-state index contributed by atoms with van der Waals surface area (Å²) >= 11 is 0. The van der Waals surface area contributed by atoms with Crippen molar-refractivity contribution in [3.05, 3.63) is 61.7 Å². The number of fused-ring (bicyclic) bond motifs is 5. The van der Waals surface area contributed by atoms with Gasteiger partial charge in [0.1, 0.15) is 12.4 Å². The number of rotatable bonds is 2. The van der Waals surface area contributed by atoms with Crippen LogP contribution in [0.15, 0.2) is 16.9 Å². The first kappa shape index (κ1) is 20.5. The standard InChI is InChI=1S/C24H21FN2O6/c1-10-11-2-3-24(8-28,9-29)19-13-6-27-17(20(13)26-16(18(11)19)5-15(10)25)4-12-14(22(27)31)7-33-23(32)21(12)30/h4-5,21,28-30H,2-3,6-9H2,1H3/t21-/m0/s1. The second kappa shape index (κ2) is 6.69. The Labute approximate surface area is 186 Å². The third-order valence-corrected chi connectivity index (χ3v) is 7.56. The van der Waals surface area contributed by atoms with E-state index in [0.29, 0.717) is 51.8 Å². The van der Waals surface area contributed by atoms with E-state index in [1.54, 1.807) is 13.0 Å². The fourth-order valence-electron chi connectivity index (χ4n) is 5.69. The molecule has 2 aliphatic heterocycles. The maximum atomic E-state index is 14.8. The minimum atomic E-state index is -1.57. The van der Waals surface area contributed by atoms with E-state index in [9.17, 15) is 29.3 Å². The van der Waals surface area contributed by atoms with Gasteiger partial charge in [0, 0.05) is 28.0 Å². The Morgan fingerprint density at radius 1 is 1.21 bits per heavy atom. The molecule has 1 aromatic carbocycles. The predicted octanol–water partition coefficient (Wildman–Crippen LogP) is 1.13. The summed E-state index contributed by atoms with van der Waals surface area (Å²) in [7, 11) is 0. The second-order valence-corrected chi connectivity index (χ2v) is 9.13. The number of aryl methyl sites for hydroxylation is 1. The Morgan fingerprint density at radius 3 is 2.70 bits per heavy atom. The first-order valence-electron chi connectivity index (χ1n) is 10.8. The number of benzene rings is 1. The summed E-state index contributed by atoms with van der Waals surface area (Å²) in [6.07, 6.45) is -0.663. The van der Waals surface area contributed by atoms with Crippen molar-refractivity contribution in [2.24, 2.45) is 0 Å². The number of hydrogen-bond acceptors (Lipinski definition) is 7. The molecule has 3 aliphatic rings. The first-order chi connectivity index (χ1) is 15.8. The molecule has 170 valence electrons. The number of nitrogens with zero attached hydrogens (tertiary/aromatic N) is 2. The van der Waals surface area contributed by atoms with E-state index in [-0.39, 0.29) is 37.5 Å². The van der Waals surface area contributed by atoms with Gasteiger partial charge in [0.2, 0.25) is 0 Å². The Bertz CT molecular complexity index is 1460. The highest BCUT2D eigenvalue weighted by atomic mass is 19.1. The Balaban J connectivity index is 1.73. The van der Waals surface area contributed by atoms with E-state index in [2.05, 4.69) is 0 Å². The van der Waals surface area contributed by atoms with Gasteiger partial charge in [-0.25, -0.2) is 14.2 Å². The number of pyridine rings is 2. The Morgan fingerprint density at radius 2 is 1.97 bits per heavy atom. The third kappa shape index (κ3) is 2.47. The highest BCUT2D eigenvalue weighted by Crippen LogP contribution is 2.48. The largest absolute Gasteiger partial charge is 0.458 e. The Hall–Kier alpha value is -3.14. The van der Waals surface area contributed by atoms with Crippen LogP contribution in [-0.4, -0.2) is 44.1 Å². The van der Waals surface area contributed by atoms with Gasteiger partial charge in [-0.2, -0.15) is 0 Å². The monoisotopic (exact) mass is 452 g/mol. The van der Waals surface area contributed by atoms with Crippen LogP contribution in [0, 0.1) is 12.7 Å². The zero-order chi connectivity index (χ0) is 23.2. The molecule has 33 heavy (non-hydrogen) atoms. The maximum absolute atomic E-state index is 14.8. The predicted molar refractivity (Wildman–Crippen MR) is 114 cm³/mol. The fraction of sp³-hybridized carbons (Fsp3) is 0.375. The summed E-state index contributed by atoms with van der Waals surface area (Å²) in [6.45, 7) is 1.00. The number of hydrogen-bond donors (Lipinski definition) is 3. The van der Waals surface area contributed by atoms with Gasteiger partial charge < -0.3 is 24.6 Å². The lowest BCUT2D eigenvalue weighted by Gasteiger charge is -2.38. The lowest BCUT2D eigenvalue weighted by molar-refractivity contribution is -0.157. The number of esters is 1. The van der Waals surface area contributed by atoms with Crippen LogP contribution in [0.1, 0.15) is 45.9 Å². The van der Waals surface area contributed by atoms with Gasteiger partial charge in [0.25, 0.3) is 5.56 Å². The van der Waals surface area contributed by atoms with E-state index in [0.717, 1.165) is 5.56 Å². The van der Waals surface area contributed by atoms with Gasteiger partial charge in [0.15, 0.2) is 6.10 Å². The molecule has 9 heteroatoms. The molecule has 6 rings (SSSR count). The average molecular weight is 452 g/mol. The van der Waals surface area contributed by atoms with E-state index in [1.165, 1.54) is 10.6 Å². The second-order valence-electron chi connectivity index (χ2n) is 9.13. The molecule has 0 saturated carbocycles. The number of aliphatic hydroxyl groups excluding tert-OH is 3. The van der Waals surface area contributed by atoms with Crippen LogP contribution in [0.2, 0.25) is 0 Å². The normalized spacial score (nSPS) is 19.8. The smallest absolute Gasteiger partial charge is 0.340 e. The first-order valence-corrected chi connectivity index (χ1v) is 10.8. The molecular weight excluding hydrogens is 431 g/mol. The number of aliphatic hydroxyl groups is 3. The molecule has 8 nitrogen and oxygen atoms in total. The zero-order valence-corrected chi connectivity index (χ0v) is 17.8. The molecule has 0 bridgehead atoms. The van der Waals surface area contributed by atoms with Gasteiger partial charge in [-0.05, 0) is 42.5 Å². The van der Waals surface area contributed by atoms with Gasteiger partial charge in [-0.3, -0.25) is 4.79 Å². The third-order valence-electron chi connectivity index (χ3n) is 7.56. The van der Waals surface area contributed by atoms with Crippen LogP contribution < -0.4 is 5.56 Å². The van der Waals surface area contributed by atoms with Crippen LogP contribution in [0.5, 0.6) is 0 Å². The van der Waals surface area contributed by atoms with Crippen molar-refractivity contribution in [3.8, 4) is 11.4 Å². The molecule has 0 spiro atoms. The van der Waals surface area contributed by atoms with Gasteiger partial charge in [0.05, 0.1) is 42.2 Å². The number of aromatic nitrogens is 2. The van der Waals surface area contributed by atoms with Crippen molar-refractivity contribution in [2.75, 3.05) is 13.2 Å². The molecular formula is C24H21FN2O6. The minimum absolute atomic E-state index is 0.150. The molecule has 0 amide bonds. The van der Waals surface area contributed by atoms with Crippen LogP contribution in [0.25, 0.3) is 22.3 Å². The lowest BCUT2D eigenvalue weighted by atomic mass is 9.68. The van der Waals surface area contributed by atoms with E-state index in [4.69, 9.17) is 9.72 Å². The molecule has 0 radical (unpaired) electrons. The van der Waals surface area contributed by atoms with Crippen molar-refractivity contribution in [1.29, 1.82) is 0 Å². The van der Waals surface area contributed by atoms with Crippen molar-refractivity contribution >= 4 is 16.9 Å². The van der Waals surface area contributed by atoms with E-state index < -0.39 is 28.9 Å². The van der Waals surface area contributed by atoms with Crippen molar-refractivity contribution in [2.45, 2.75) is 44.4 Å². The quantitative estimate of drug-likeness (QED) is 0.390.